The van der Waals surface area contributed by atoms with Crippen molar-refractivity contribution >= 4 is 17.0 Å². The van der Waals surface area contributed by atoms with E-state index < -0.39 is 67.7 Å². The summed E-state index contributed by atoms with van der Waals surface area (Å²) in [7, 11) is 0. The van der Waals surface area contributed by atoms with Crippen molar-refractivity contribution in [2.75, 3.05) is 5.73 Å². The molecule has 49 heavy (non-hydrogen) atoms. The quantitative estimate of drug-likeness (QED) is 0.269. The first-order chi connectivity index (χ1) is 22.0. The SMILES string of the molecule is CCC1(C)OC(C)(OC2(C)C(C)(OC3(C)C(C)(n4cnc5c(N)ncnc54)OC(C)(CC)C3(C)O)OC(C)(CC)C2(C)O)C(C)(O)C1(C)O. The average Bonchev–Trinajstić information content (AvgIpc) is 3.55. The molecule has 2 aromatic rings. The second-order valence-corrected chi connectivity index (χ2v) is 16.5. The molecule has 0 bridgehead atoms. The molecule has 278 valence electrons. The molecule has 5 rings (SSSR count). The topological polar surface area (TPSA) is 197 Å². The summed E-state index contributed by atoms with van der Waals surface area (Å²) >= 11 is 0. The zero-order chi connectivity index (χ0) is 37.5. The van der Waals surface area contributed by atoms with Crippen molar-refractivity contribution < 1.29 is 44.1 Å². The largest absolute Gasteiger partial charge is 0.384 e. The van der Waals surface area contributed by atoms with E-state index in [0.717, 1.165) is 0 Å². The lowest BCUT2D eigenvalue weighted by Crippen LogP contribution is -2.73. The Bertz CT molecular complexity index is 1650. The third-order valence-electron chi connectivity index (χ3n) is 14.4. The van der Waals surface area contributed by atoms with Gasteiger partial charge in [-0.05, 0) is 102 Å². The highest BCUT2D eigenvalue weighted by Crippen LogP contribution is 2.65. The van der Waals surface area contributed by atoms with Crippen LogP contribution in [0, 0.1) is 0 Å². The third kappa shape index (κ3) is 4.12. The Hall–Kier alpha value is -2.01. The minimum atomic E-state index is -1.99. The molecular weight excluding hydrogens is 634 g/mol. The number of nitrogens with two attached hydrogens (primary N) is 1. The second-order valence-electron chi connectivity index (χ2n) is 16.5. The molecule has 0 saturated carbocycles. The van der Waals surface area contributed by atoms with Gasteiger partial charge in [-0.2, -0.15) is 0 Å². The molecule has 3 fully saturated rings. The van der Waals surface area contributed by atoms with Crippen LogP contribution in [0.15, 0.2) is 12.7 Å². The lowest BCUT2D eigenvalue weighted by Gasteiger charge is -2.55. The molecule has 3 saturated heterocycles. The molecule has 6 N–H and O–H groups in total. The molecule has 0 spiro atoms. The van der Waals surface area contributed by atoms with E-state index >= 15 is 0 Å². The van der Waals surface area contributed by atoms with Crippen LogP contribution in [0.3, 0.4) is 0 Å². The predicted molar refractivity (Wildman–Crippen MR) is 181 cm³/mol. The predicted octanol–water partition coefficient (Wildman–Crippen LogP) is 3.66. The van der Waals surface area contributed by atoms with Crippen LogP contribution in [0.1, 0.15) is 123 Å². The molecule has 0 amide bonds. The van der Waals surface area contributed by atoms with Crippen LogP contribution in [0.25, 0.3) is 11.2 Å². The van der Waals surface area contributed by atoms with Crippen LogP contribution in [0.2, 0.25) is 0 Å². The maximum absolute atomic E-state index is 12.7. The van der Waals surface area contributed by atoms with Gasteiger partial charge in [-0.3, -0.25) is 4.57 Å². The first-order valence-corrected chi connectivity index (χ1v) is 17.3. The monoisotopic (exact) mass is 693 g/mol. The van der Waals surface area contributed by atoms with Gasteiger partial charge in [0.2, 0.25) is 0 Å². The number of hydrogen-bond donors (Lipinski definition) is 5. The van der Waals surface area contributed by atoms with Crippen LogP contribution >= 0.6 is 0 Å². The highest BCUT2D eigenvalue weighted by atomic mass is 16.8. The van der Waals surface area contributed by atoms with E-state index in [2.05, 4.69) is 15.0 Å². The van der Waals surface area contributed by atoms with Crippen LogP contribution < -0.4 is 5.73 Å². The maximum Gasteiger partial charge on any atom is 0.199 e. The van der Waals surface area contributed by atoms with Gasteiger partial charge in [0.15, 0.2) is 34.4 Å². The number of anilines is 1. The molecule has 0 aromatic carbocycles. The van der Waals surface area contributed by atoms with E-state index in [9.17, 15) is 20.4 Å². The summed E-state index contributed by atoms with van der Waals surface area (Å²) in [5.74, 6) is -3.63. The number of nitrogens with zero attached hydrogens (tertiary/aromatic N) is 4. The van der Waals surface area contributed by atoms with Crippen LogP contribution in [0.5, 0.6) is 0 Å². The summed E-state index contributed by atoms with van der Waals surface area (Å²) in [6.07, 6.45) is 3.90. The smallest absolute Gasteiger partial charge is 0.199 e. The molecular formula is C35H59N5O9. The number of fused-ring (bicyclic) bond motifs is 1. The molecule has 12 unspecified atom stereocenters. The van der Waals surface area contributed by atoms with Crippen molar-refractivity contribution in [2.24, 2.45) is 0 Å². The van der Waals surface area contributed by atoms with Gasteiger partial charge in [-0.15, -0.1) is 0 Å². The molecule has 3 aliphatic rings. The fraction of sp³-hybridized carbons (Fsp3) is 0.857. The molecule has 0 radical (unpaired) electrons. The van der Waals surface area contributed by atoms with Crippen LogP contribution in [0.4, 0.5) is 5.82 Å². The zero-order valence-corrected chi connectivity index (χ0v) is 32.0. The number of nitrogen functional groups attached to an aromatic ring is 1. The Kier molecular flexibility index (Phi) is 8.05. The minimum Gasteiger partial charge on any atom is -0.384 e. The van der Waals surface area contributed by atoms with Crippen molar-refractivity contribution in [1.29, 1.82) is 0 Å². The van der Waals surface area contributed by atoms with E-state index in [1.54, 1.807) is 73.8 Å². The molecule has 14 nitrogen and oxygen atoms in total. The van der Waals surface area contributed by atoms with Gasteiger partial charge in [-0.25, -0.2) is 15.0 Å². The molecule has 12 atom stereocenters. The van der Waals surface area contributed by atoms with Crippen LogP contribution in [-0.4, -0.2) is 102 Å². The fourth-order valence-electron chi connectivity index (χ4n) is 8.85. The van der Waals surface area contributed by atoms with Gasteiger partial charge in [-0.1, -0.05) is 20.8 Å². The Morgan fingerprint density at radius 2 is 1.06 bits per heavy atom. The van der Waals surface area contributed by atoms with Gasteiger partial charge in [0, 0.05) is 0 Å². The number of rotatable bonds is 8. The highest BCUT2D eigenvalue weighted by molar-refractivity contribution is 5.81. The van der Waals surface area contributed by atoms with Gasteiger partial charge >= 0.3 is 0 Å². The van der Waals surface area contributed by atoms with Crippen LogP contribution in [-0.2, 0) is 29.4 Å². The normalized spacial score (nSPS) is 53.2. The van der Waals surface area contributed by atoms with E-state index in [1.165, 1.54) is 26.5 Å². The first-order valence-electron chi connectivity index (χ1n) is 17.3. The van der Waals surface area contributed by atoms with Crippen molar-refractivity contribution in [3.05, 3.63) is 12.7 Å². The Morgan fingerprint density at radius 1 is 0.612 bits per heavy atom. The summed E-state index contributed by atoms with van der Waals surface area (Å²) in [5, 5.41) is 49.3. The Balaban J connectivity index is 1.76. The van der Waals surface area contributed by atoms with Gasteiger partial charge in [0.05, 0.1) is 11.9 Å². The maximum atomic E-state index is 12.7. The second kappa shape index (κ2) is 10.3. The van der Waals surface area contributed by atoms with E-state index in [1.807, 2.05) is 20.8 Å². The molecule has 3 aliphatic heterocycles. The van der Waals surface area contributed by atoms with Gasteiger partial charge < -0.3 is 49.8 Å². The third-order valence-corrected chi connectivity index (χ3v) is 14.4. The standard InChI is InChI=1S/C35H59N5O9/c1-16-24(4)27(7,41)30(10,44)34(14,46-24)49-32(12)29(9,43)26(6,18-3)47-35(32,15)48-31(11)28(8,42)25(5,17-2)45-33(31,13)40-20-39-21-22(36)37-19-38-23(21)40/h19-20,41-44H,16-18H2,1-15H3,(H2,36,37,38). The molecule has 0 aliphatic carbocycles. The van der Waals surface area contributed by atoms with E-state index in [4.69, 9.17) is 29.4 Å². The van der Waals surface area contributed by atoms with Gasteiger partial charge in [0.1, 0.15) is 51.1 Å². The number of aromatic nitrogens is 4. The van der Waals surface area contributed by atoms with Crippen molar-refractivity contribution in [2.45, 2.75) is 191 Å². The van der Waals surface area contributed by atoms with E-state index in [0.29, 0.717) is 30.4 Å². The number of imidazole rings is 1. The van der Waals surface area contributed by atoms with E-state index in [-0.39, 0.29) is 5.82 Å². The minimum absolute atomic E-state index is 0.173. The summed E-state index contributed by atoms with van der Waals surface area (Å²) in [6.45, 7) is 25.4. The summed E-state index contributed by atoms with van der Waals surface area (Å²) < 4.78 is 36.2. The fourth-order valence-corrected chi connectivity index (χ4v) is 8.85. The zero-order valence-electron chi connectivity index (χ0n) is 32.0. The van der Waals surface area contributed by atoms with Crippen molar-refractivity contribution in [3.8, 4) is 0 Å². The molecule has 14 heteroatoms. The summed E-state index contributed by atoms with van der Waals surface area (Å²) in [4.78, 5) is 13.0. The number of aliphatic hydroxyl groups is 4. The Morgan fingerprint density at radius 3 is 1.57 bits per heavy atom. The lowest BCUT2D eigenvalue weighted by atomic mass is 9.69. The molecule has 2 aromatic heterocycles. The highest BCUT2D eigenvalue weighted by Gasteiger charge is 2.83. The van der Waals surface area contributed by atoms with Gasteiger partial charge in [0.25, 0.3) is 0 Å². The Labute approximate surface area is 289 Å². The summed E-state index contributed by atoms with van der Waals surface area (Å²) in [5.41, 5.74) is -9.29. The number of ether oxygens (including phenoxy) is 5. The first kappa shape index (κ1) is 38.2. The number of hydrogen-bond acceptors (Lipinski definition) is 13. The summed E-state index contributed by atoms with van der Waals surface area (Å²) in [6, 6.07) is 0. The van der Waals surface area contributed by atoms with Crippen molar-refractivity contribution in [1.82, 2.24) is 19.5 Å². The van der Waals surface area contributed by atoms with Crippen molar-refractivity contribution in [3.63, 3.8) is 0 Å². The molecule has 5 heterocycles. The average molecular weight is 694 g/mol. The lowest BCUT2D eigenvalue weighted by molar-refractivity contribution is -0.415.